The number of hydrogen-bond acceptors (Lipinski definition) is 1. The van der Waals surface area contributed by atoms with Crippen molar-refractivity contribution in [3.63, 3.8) is 0 Å². The average Bonchev–Trinajstić information content (AvgIpc) is 1.90. The number of hydrogen-bond donors (Lipinski definition) is 0. The summed E-state index contributed by atoms with van der Waals surface area (Å²) in [6, 6.07) is 5.54. The van der Waals surface area contributed by atoms with Gasteiger partial charge in [0.05, 0.1) is 5.32 Å². The summed E-state index contributed by atoms with van der Waals surface area (Å²) in [4.78, 5) is 3.96. The third kappa shape index (κ3) is 1.97. The Morgan fingerprint density at radius 3 is 2.44 bits per heavy atom. The van der Waals surface area contributed by atoms with Crippen LogP contribution in [0.4, 0.5) is 0 Å². The largest absolute Gasteiger partial charge is 0.325 e. The Morgan fingerprint density at radius 2 is 2.11 bits per heavy atom. The van der Waals surface area contributed by atoms with Crippen molar-refractivity contribution >= 4 is 34.9 Å². The van der Waals surface area contributed by atoms with Crippen molar-refractivity contribution in [2.45, 2.75) is 0 Å². The highest BCUT2D eigenvalue weighted by molar-refractivity contribution is 7.39. The first-order chi connectivity index (χ1) is 4.30. The average molecular weight is 177 g/mol. The summed E-state index contributed by atoms with van der Waals surface area (Å²) < 4.78 is 0. The lowest BCUT2D eigenvalue weighted by Crippen LogP contribution is -2.20. The minimum absolute atomic E-state index is 0.797. The van der Waals surface area contributed by atoms with Crippen LogP contribution in [0, 0.1) is 0 Å². The minimum Gasteiger partial charge on any atom is -0.263 e. The van der Waals surface area contributed by atoms with E-state index in [1.807, 2.05) is 18.2 Å². The van der Waals surface area contributed by atoms with Gasteiger partial charge in [0.15, 0.2) is 0 Å². The molecule has 1 rings (SSSR count). The highest BCUT2D eigenvalue weighted by Crippen LogP contribution is 1.93. The maximum Gasteiger partial charge on any atom is 0.325 e. The summed E-state index contributed by atoms with van der Waals surface area (Å²) >= 11 is 11.2. The van der Waals surface area contributed by atoms with E-state index >= 15 is 0 Å². The Balaban J connectivity index is 2.85. The molecule has 9 heavy (non-hydrogen) atoms. The zero-order valence-electron chi connectivity index (χ0n) is 4.51. The summed E-state index contributed by atoms with van der Waals surface area (Å²) in [5.41, 5.74) is 0. The van der Waals surface area contributed by atoms with Crippen molar-refractivity contribution in [1.82, 2.24) is 4.98 Å². The fourth-order valence-electron chi connectivity index (χ4n) is 0.475. The molecule has 0 unspecified atom stereocenters. The fraction of sp³-hybridized carbons (Fsp3) is 0. The molecule has 0 bridgehead atoms. The van der Waals surface area contributed by atoms with Gasteiger partial charge in [0.1, 0.15) is 0 Å². The fourth-order valence-corrected chi connectivity index (χ4v) is 1.54. The molecule has 0 aliphatic heterocycles. The van der Waals surface area contributed by atoms with Gasteiger partial charge >= 0.3 is 7.42 Å². The molecule has 0 saturated carbocycles. The van der Waals surface area contributed by atoms with E-state index in [2.05, 4.69) is 4.98 Å². The predicted molar refractivity (Wildman–Crippen MR) is 41.3 cm³/mol. The molecule has 1 heterocycles. The van der Waals surface area contributed by atoms with Crippen LogP contribution in [-0.2, 0) is 0 Å². The second-order valence-electron chi connectivity index (χ2n) is 1.48. The number of halogens is 2. The quantitative estimate of drug-likeness (QED) is 0.464. The van der Waals surface area contributed by atoms with Crippen molar-refractivity contribution in [2.24, 2.45) is 0 Å². The van der Waals surface area contributed by atoms with Crippen molar-refractivity contribution in [1.29, 1.82) is 0 Å². The molecule has 1 radical (unpaired) electrons. The molecular weight excluding hydrogens is 173 g/mol. The van der Waals surface area contributed by atoms with Gasteiger partial charge in [0, 0.05) is 6.20 Å². The number of pyridine rings is 1. The molecule has 0 aliphatic carbocycles. The van der Waals surface area contributed by atoms with E-state index in [0.29, 0.717) is 0 Å². The SMILES string of the molecule is Cl[Si](Cl)c1ccccn1. The van der Waals surface area contributed by atoms with Crippen LogP contribution in [0.3, 0.4) is 0 Å². The molecule has 0 amide bonds. The van der Waals surface area contributed by atoms with Gasteiger partial charge in [-0.25, -0.2) is 0 Å². The molecule has 0 N–H and O–H groups in total. The minimum atomic E-state index is -1.38. The van der Waals surface area contributed by atoms with Gasteiger partial charge in [-0.2, -0.15) is 0 Å². The normalized spacial score (nSPS) is 10.1. The summed E-state index contributed by atoms with van der Waals surface area (Å²) in [6.07, 6.45) is 1.69. The van der Waals surface area contributed by atoms with Crippen LogP contribution in [0.25, 0.3) is 0 Å². The zero-order chi connectivity index (χ0) is 6.69. The lowest BCUT2D eigenvalue weighted by atomic mass is 10.5. The van der Waals surface area contributed by atoms with E-state index in [0.717, 1.165) is 5.32 Å². The van der Waals surface area contributed by atoms with Gasteiger partial charge < -0.3 is 0 Å². The highest BCUT2D eigenvalue weighted by Gasteiger charge is 2.06. The van der Waals surface area contributed by atoms with E-state index in [-0.39, 0.29) is 0 Å². The topological polar surface area (TPSA) is 12.9 Å². The van der Waals surface area contributed by atoms with Crippen LogP contribution in [0.2, 0.25) is 0 Å². The van der Waals surface area contributed by atoms with E-state index in [1.54, 1.807) is 6.20 Å². The Labute approximate surface area is 64.6 Å². The molecule has 0 atom stereocenters. The second-order valence-corrected chi connectivity index (χ2v) is 5.36. The Kier molecular flexibility index (Phi) is 2.51. The summed E-state index contributed by atoms with van der Waals surface area (Å²) in [5, 5.41) is 0.797. The molecule has 0 aromatic carbocycles. The van der Waals surface area contributed by atoms with E-state index < -0.39 is 7.42 Å². The van der Waals surface area contributed by atoms with E-state index in [9.17, 15) is 0 Å². The second kappa shape index (κ2) is 3.20. The first-order valence-electron chi connectivity index (χ1n) is 2.40. The maximum absolute atomic E-state index is 5.61. The molecule has 1 nitrogen and oxygen atoms in total. The Hall–Kier alpha value is -0.0531. The van der Waals surface area contributed by atoms with Crippen LogP contribution in [0.5, 0.6) is 0 Å². The van der Waals surface area contributed by atoms with Crippen LogP contribution in [0.15, 0.2) is 24.4 Å². The summed E-state index contributed by atoms with van der Waals surface area (Å²) in [5.74, 6) is 0. The van der Waals surface area contributed by atoms with Crippen LogP contribution in [-0.4, -0.2) is 12.4 Å². The van der Waals surface area contributed by atoms with Gasteiger partial charge in [-0.1, -0.05) is 6.07 Å². The van der Waals surface area contributed by atoms with Gasteiger partial charge in [-0.05, 0) is 12.1 Å². The highest BCUT2D eigenvalue weighted by atomic mass is 35.7. The third-order valence-corrected chi connectivity index (χ3v) is 2.70. The zero-order valence-corrected chi connectivity index (χ0v) is 7.02. The van der Waals surface area contributed by atoms with Crippen LogP contribution < -0.4 is 5.32 Å². The molecule has 47 valence electrons. The maximum atomic E-state index is 5.61. The van der Waals surface area contributed by atoms with Crippen LogP contribution in [0.1, 0.15) is 0 Å². The van der Waals surface area contributed by atoms with Crippen molar-refractivity contribution < 1.29 is 0 Å². The molecule has 4 heteroatoms. The molecule has 1 aromatic rings. The van der Waals surface area contributed by atoms with Gasteiger partial charge in [-0.3, -0.25) is 4.98 Å². The Bertz CT molecular complexity index is 178. The first kappa shape index (κ1) is 7.06. The molecule has 0 fully saturated rings. The van der Waals surface area contributed by atoms with Gasteiger partial charge in [-0.15, -0.1) is 22.2 Å². The molecular formula is C5H4Cl2NSi. The van der Waals surface area contributed by atoms with E-state index in [1.165, 1.54) is 0 Å². The lowest BCUT2D eigenvalue weighted by molar-refractivity contribution is 1.39. The smallest absolute Gasteiger partial charge is 0.263 e. The lowest BCUT2D eigenvalue weighted by Gasteiger charge is -1.92. The van der Waals surface area contributed by atoms with Crippen molar-refractivity contribution in [2.75, 3.05) is 0 Å². The van der Waals surface area contributed by atoms with Crippen LogP contribution >= 0.6 is 22.2 Å². The van der Waals surface area contributed by atoms with Crippen molar-refractivity contribution in [3.8, 4) is 0 Å². The van der Waals surface area contributed by atoms with E-state index in [4.69, 9.17) is 22.2 Å². The third-order valence-electron chi connectivity index (χ3n) is 0.859. The molecule has 1 aromatic heterocycles. The number of rotatable bonds is 1. The first-order valence-corrected chi connectivity index (χ1v) is 5.92. The van der Waals surface area contributed by atoms with Crippen molar-refractivity contribution in [3.05, 3.63) is 24.4 Å². The summed E-state index contributed by atoms with van der Waals surface area (Å²) in [6.45, 7) is 0. The van der Waals surface area contributed by atoms with Gasteiger partial charge in [0.2, 0.25) is 0 Å². The molecule has 0 saturated heterocycles. The standard InChI is InChI=1S/C5H4Cl2NSi/c6-9(7)5-3-1-2-4-8-5/h1-4H. The molecule has 0 aliphatic rings. The monoisotopic (exact) mass is 176 g/mol. The Morgan fingerprint density at radius 1 is 1.33 bits per heavy atom. The number of nitrogens with zero attached hydrogens (tertiary/aromatic N) is 1. The predicted octanol–water partition coefficient (Wildman–Crippen LogP) is 1.25. The van der Waals surface area contributed by atoms with Gasteiger partial charge in [0.25, 0.3) is 0 Å². The number of aromatic nitrogens is 1. The summed E-state index contributed by atoms with van der Waals surface area (Å²) in [7, 11) is -1.38. The molecule has 0 spiro atoms.